The van der Waals surface area contributed by atoms with Gasteiger partial charge in [-0.05, 0) is 36.4 Å². The highest BCUT2D eigenvalue weighted by Gasteiger charge is 2.11. The number of benzene rings is 2. The first-order chi connectivity index (χ1) is 12.4. The number of hydrogen-bond acceptors (Lipinski definition) is 6. The summed E-state index contributed by atoms with van der Waals surface area (Å²) in [6.07, 6.45) is 1.33. The van der Waals surface area contributed by atoms with E-state index in [9.17, 15) is 18.1 Å². The number of anilines is 2. The van der Waals surface area contributed by atoms with Gasteiger partial charge < -0.3 is 5.32 Å². The van der Waals surface area contributed by atoms with Crippen molar-refractivity contribution in [2.24, 2.45) is 5.14 Å². The third-order valence-corrected chi connectivity index (χ3v) is 4.38. The standard InChI is InChI=1S/C17H12FN5O2S/c18-13-3-1-2-11(8-13)16-12(9-19)10-21-17(23-16)22-14-4-6-15(7-5-14)26(20,24)25/h1-8,10H,(H2,20,24,25)(H,21,22,23). The average molecular weight is 369 g/mol. The highest BCUT2D eigenvalue weighted by atomic mass is 32.2. The molecule has 26 heavy (non-hydrogen) atoms. The summed E-state index contributed by atoms with van der Waals surface area (Å²) in [4.78, 5) is 8.29. The van der Waals surface area contributed by atoms with Crippen LogP contribution in [0.15, 0.2) is 59.6 Å². The minimum Gasteiger partial charge on any atom is -0.324 e. The Morgan fingerprint density at radius 2 is 1.88 bits per heavy atom. The Bertz CT molecular complexity index is 1110. The number of aromatic nitrogens is 2. The number of sulfonamides is 1. The molecular formula is C17H12FN5O2S. The summed E-state index contributed by atoms with van der Waals surface area (Å²) >= 11 is 0. The van der Waals surface area contributed by atoms with Gasteiger partial charge in [0.15, 0.2) is 0 Å². The van der Waals surface area contributed by atoms with Crippen molar-refractivity contribution in [3.63, 3.8) is 0 Å². The van der Waals surface area contributed by atoms with E-state index >= 15 is 0 Å². The van der Waals surface area contributed by atoms with Crippen LogP contribution >= 0.6 is 0 Å². The van der Waals surface area contributed by atoms with E-state index in [4.69, 9.17) is 5.14 Å². The van der Waals surface area contributed by atoms with Gasteiger partial charge in [-0.3, -0.25) is 0 Å². The zero-order chi connectivity index (χ0) is 18.7. The van der Waals surface area contributed by atoms with Crippen LogP contribution in [0.1, 0.15) is 5.56 Å². The molecule has 0 aliphatic heterocycles. The molecule has 130 valence electrons. The zero-order valence-corrected chi connectivity index (χ0v) is 14.0. The lowest BCUT2D eigenvalue weighted by Crippen LogP contribution is -2.11. The molecule has 0 fully saturated rings. The summed E-state index contributed by atoms with van der Waals surface area (Å²) in [6, 6.07) is 13.4. The SMILES string of the molecule is N#Cc1cnc(Nc2ccc(S(N)(=O)=O)cc2)nc1-c1cccc(F)c1. The summed E-state index contributed by atoms with van der Waals surface area (Å²) in [7, 11) is -3.78. The van der Waals surface area contributed by atoms with Crippen molar-refractivity contribution in [2.75, 3.05) is 5.32 Å². The molecule has 2 aromatic carbocycles. The van der Waals surface area contributed by atoms with E-state index in [1.54, 1.807) is 6.07 Å². The second kappa shape index (κ2) is 6.87. The topological polar surface area (TPSA) is 122 Å². The summed E-state index contributed by atoms with van der Waals surface area (Å²) in [6.45, 7) is 0. The van der Waals surface area contributed by atoms with Crippen LogP contribution < -0.4 is 10.5 Å². The van der Waals surface area contributed by atoms with Crippen molar-refractivity contribution in [1.29, 1.82) is 5.26 Å². The van der Waals surface area contributed by atoms with E-state index in [0.717, 1.165) is 0 Å². The van der Waals surface area contributed by atoms with Crippen molar-refractivity contribution >= 4 is 21.7 Å². The van der Waals surface area contributed by atoms with Gasteiger partial charge in [-0.15, -0.1) is 0 Å². The fourth-order valence-corrected chi connectivity index (χ4v) is 2.75. The second-order valence-corrected chi connectivity index (χ2v) is 6.83. The maximum Gasteiger partial charge on any atom is 0.238 e. The van der Waals surface area contributed by atoms with Crippen LogP contribution in [0.3, 0.4) is 0 Å². The maximum absolute atomic E-state index is 13.5. The van der Waals surface area contributed by atoms with Gasteiger partial charge >= 0.3 is 0 Å². The van der Waals surface area contributed by atoms with Gasteiger partial charge in [-0.25, -0.2) is 27.9 Å². The molecule has 0 bridgehead atoms. The van der Waals surface area contributed by atoms with Crippen molar-refractivity contribution in [1.82, 2.24) is 9.97 Å². The number of nitriles is 1. The minimum absolute atomic E-state index is 0.0238. The predicted octanol–water partition coefficient (Wildman–Crippen LogP) is 2.55. The third kappa shape index (κ3) is 3.83. The van der Waals surface area contributed by atoms with Crippen LogP contribution in [0.25, 0.3) is 11.3 Å². The highest BCUT2D eigenvalue weighted by Crippen LogP contribution is 2.24. The van der Waals surface area contributed by atoms with E-state index in [1.165, 1.54) is 48.7 Å². The molecule has 3 rings (SSSR count). The summed E-state index contributed by atoms with van der Waals surface area (Å²) in [5.41, 5.74) is 1.44. The number of primary sulfonamides is 1. The molecule has 9 heteroatoms. The third-order valence-electron chi connectivity index (χ3n) is 3.45. The smallest absolute Gasteiger partial charge is 0.238 e. The summed E-state index contributed by atoms with van der Waals surface area (Å²) in [5, 5.41) is 17.2. The van der Waals surface area contributed by atoms with Crippen molar-refractivity contribution < 1.29 is 12.8 Å². The minimum atomic E-state index is -3.78. The molecular weight excluding hydrogens is 357 g/mol. The first kappa shape index (κ1) is 17.5. The van der Waals surface area contributed by atoms with E-state index in [1.807, 2.05) is 6.07 Å². The van der Waals surface area contributed by atoms with Gasteiger partial charge in [-0.1, -0.05) is 12.1 Å². The number of nitrogens with zero attached hydrogens (tertiary/aromatic N) is 3. The predicted molar refractivity (Wildman–Crippen MR) is 93.2 cm³/mol. The molecule has 1 heterocycles. The normalized spacial score (nSPS) is 11.0. The Balaban J connectivity index is 1.95. The first-order valence-corrected chi connectivity index (χ1v) is 8.84. The molecule has 1 aromatic heterocycles. The number of hydrogen-bond donors (Lipinski definition) is 2. The van der Waals surface area contributed by atoms with Crippen LogP contribution in [0, 0.1) is 17.1 Å². The van der Waals surface area contributed by atoms with Gasteiger partial charge in [0, 0.05) is 11.3 Å². The number of rotatable bonds is 4. The Morgan fingerprint density at radius 1 is 1.15 bits per heavy atom. The van der Waals surface area contributed by atoms with E-state index in [0.29, 0.717) is 11.3 Å². The van der Waals surface area contributed by atoms with Gasteiger partial charge in [0.05, 0.1) is 22.3 Å². The van der Waals surface area contributed by atoms with Crippen LogP contribution in [0.2, 0.25) is 0 Å². The molecule has 0 radical (unpaired) electrons. The second-order valence-electron chi connectivity index (χ2n) is 5.27. The number of halogens is 1. The van der Waals surface area contributed by atoms with E-state index < -0.39 is 15.8 Å². The van der Waals surface area contributed by atoms with Gasteiger partial charge in [0.25, 0.3) is 0 Å². The van der Waals surface area contributed by atoms with Crippen LogP contribution in [-0.4, -0.2) is 18.4 Å². The van der Waals surface area contributed by atoms with Crippen LogP contribution in [-0.2, 0) is 10.0 Å². The average Bonchev–Trinajstić information content (AvgIpc) is 2.61. The summed E-state index contributed by atoms with van der Waals surface area (Å²) in [5.74, 6) is -0.273. The Morgan fingerprint density at radius 3 is 2.50 bits per heavy atom. The molecule has 3 aromatic rings. The molecule has 0 atom stereocenters. The van der Waals surface area contributed by atoms with Crippen molar-refractivity contribution in [3.05, 3.63) is 66.1 Å². The van der Waals surface area contributed by atoms with Gasteiger partial charge in [0.2, 0.25) is 16.0 Å². The van der Waals surface area contributed by atoms with Crippen molar-refractivity contribution in [2.45, 2.75) is 4.90 Å². The van der Waals surface area contributed by atoms with Gasteiger partial charge in [-0.2, -0.15) is 5.26 Å². The number of nitrogens with two attached hydrogens (primary N) is 1. The van der Waals surface area contributed by atoms with Gasteiger partial charge in [0.1, 0.15) is 11.9 Å². The Labute approximate surface area is 149 Å². The summed E-state index contributed by atoms with van der Waals surface area (Å²) < 4.78 is 36.0. The lowest BCUT2D eigenvalue weighted by atomic mass is 10.1. The zero-order valence-electron chi connectivity index (χ0n) is 13.2. The lowest BCUT2D eigenvalue weighted by Gasteiger charge is -2.09. The first-order valence-electron chi connectivity index (χ1n) is 7.30. The Hall–Kier alpha value is -3.35. The molecule has 0 spiro atoms. The van der Waals surface area contributed by atoms with Crippen LogP contribution in [0.4, 0.5) is 16.0 Å². The highest BCUT2D eigenvalue weighted by molar-refractivity contribution is 7.89. The fraction of sp³-hybridized carbons (Fsp3) is 0. The molecule has 7 nitrogen and oxygen atoms in total. The number of nitrogens with one attached hydrogen (secondary N) is 1. The Kier molecular flexibility index (Phi) is 4.62. The largest absolute Gasteiger partial charge is 0.324 e. The molecule has 3 N–H and O–H groups in total. The molecule has 0 aliphatic carbocycles. The van der Waals surface area contributed by atoms with Crippen LogP contribution in [0.5, 0.6) is 0 Å². The fourth-order valence-electron chi connectivity index (χ4n) is 2.24. The molecule has 0 unspecified atom stereocenters. The molecule has 0 saturated carbocycles. The van der Waals surface area contributed by atoms with E-state index in [-0.39, 0.29) is 22.1 Å². The molecule has 0 aliphatic rings. The molecule has 0 amide bonds. The maximum atomic E-state index is 13.5. The molecule has 0 saturated heterocycles. The monoisotopic (exact) mass is 369 g/mol. The van der Waals surface area contributed by atoms with Crippen molar-refractivity contribution in [3.8, 4) is 17.3 Å². The quantitative estimate of drug-likeness (QED) is 0.729. The lowest BCUT2D eigenvalue weighted by molar-refractivity contribution is 0.598. The van der Waals surface area contributed by atoms with E-state index in [2.05, 4.69) is 15.3 Å².